The molecule has 2 aliphatic rings. The number of anilines is 6. The molecule has 0 atom stereocenters. The summed E-state index contributed by atoms with van der Waals surface area (Å²) in [5.41, 5.74) is 22.6. The summed E-state index contributed by atoms with van der Waals surface area (Å²) >= 11 is 0. The molecule has 0 amide bonds. The van der Waals surface area contributed by atoms with Crippen LogP contribution in [0.25, 0.3) is 22.3 Å². The van der Waals surface area contributed by atoms with Crippen molar-refractivity contribution in [3.63, 3.8) is 0 Å². The molecule has 0 aromatic heterocycles. The molecule has 12 rings (SSSR count). The molecule has 0 aliphatic carbocycles. The van der Waals surface area contributed by atoms with Crippen molar-refractivity contribution in [1.82, 2.24) is 0 Å². The summed E-state index contributed by atoms with van der Waals surface area (Å²) in [4.78, 5) is 5.17. The SMILES string of the molecule is CC(C)(c1ccccc1)c1ccc2c(c1)B1c3cc(C(C)(C)c4ccccc4)ccc3N(c3cccc(-c4ccccc4)c3)c3cc(C(C)(C)c4ccccc4)cc(c31)N2c1cccc(-c2ccccc2)c1. The zero-order valence-corrected chi connectivity index (χ0v) is 42.1. The van der Waals surface area contributed by atoms with Gasteiger partial charge in [-0.1, -0.05) is 242 Å². The maximum absolute atomic E-state index is 2.59. The Morgan fingerprint density at radius 2 is 0.597 bits per heavy atom. The summed E-state index contributed by atoms with van der Waals surface area (Å²) in [6.45, 7) is 14.2. The van der Waals surface area contributed by atoms with Crippen molar-refractivity contribution < 1.29 is 0 Å². The van der Waals surface area contributed by atoms with Crippen LogP contribution < -0.4 is 26.2 Å². The van der Waals surface area contributed by atoms with Gasteiger partial charge in [0.1, 0.15) is 0 Å². The van der Waals surface area contributed by atoms with Crippen molar-refractivity contribution in [2.24, 2.45) is 0 Å². The molecule has 3 heteroatoms. The quantitative estimate of drug-likeness (QED) is 0.126. The average Bonchev–Trinajstić information content (AvgIpc) is 3.43. The van der Waals surface area contributed by atoms with Gasteiger partial charge in [0.25, 0.3) is 6.71 Å². The standard InChI is InChI=1S/C69H59BN2/c1-67(2,52-30-16-9-17-31-52)55-38-40-62-60(44-55)70-61-45-56(68(3,4)53-32-18-10-19-33-53)39-41-63(61)72(59-37-23-29-51(43-59)49-26-14-8-15-27-49)65-47-57(69(5,6)54-34-20-11-21-35-54)46-64(66(65)70)71(62)58-36-22-28-50(42-58)48-24-12-7-13-25-48/h7-47H,1-6H3. The zero-order chi connectivity index (χ0) is 49.2. The van der Waals surface area contributed by atoms with Crippen molar-refractivity contribution >= 4 is 57.2 Å². The molecule has 72 heavy (non-hydrogen) atoms. The van der Waals surface area contributed by atoms with E-state index < -0.39 is 0 Å². The first-order valence-electron chi connectivity index (χ1n) is 25.5. The van der Waals surface area contributed by atoms with E-state index in [1.165, 1.54) is 94.8 Å². The highest BCUT2D eigenvalue weighted by Crippen LogP contribution is 2.49. The zero-order valence-electron chi connectivity index (χ0n) is 42.1. The van der Waals surface area contributed by atoms with Gasteiger partial charge in [-0.25, -0.2) is 0 Å². The molecule has 0 fully saturated rings. The van der Waals surface area contributed by atoms with Crippen molar-refractivity contribution in [1.29, 1.82) is 0 Å². The highest BCUT2D eigenvalue weighted by atomic mass is 15.2. The second kappa shape index (κ2) is 17.6. The van der Waals surface area contributed by atoms with Gasteiger partial charge in [0.05, 0.1) is 0 Å². The lowest BCUT2D eigenvalue weighted by molar-refractivity contribution is 0.640. The van der Waals surface area contributed by atoms with Gasteiger partial charge in [-0.15, -0.1) is 0 Å². The molecule has 10 aromatic carbocycles. The largest absolute Gasteiger partial charge is 0.311 e. The fraction of sp³-hybridized carbons (Fsp3) is 0.130. The number of nitrogens with zero attached hydrogens (tertiary/aromatic N) is 2. The molecule has 0 saturated carbocycles. The minimum atomic E-state index is -0.342. The molecular weight excluding hydrogens is 868 g/mol. The van der Waals surface area contributed by atoms with Crippen LogP contribution in [-0.4, -0.2) is 6.71 Å². The van der Waals surface area contributed by atoms with Gasteiger partial charge in [0, 0.05) is 50.4 Å². The Hall–Kier alpha value is -8.14. The van der Waals surface area contributed by atoms with Gasteiger partial charge in [-0.3, -0.25) is 0 Å². The molecule has 2 aliphatic heterocycles. The van der Waals surface area contributed by atoms with E-state index in [1.807, 2.05) is 0 Å². The smallest absolute Gasteiger partial charge is 0.252 e. The minimum absolute atomic E-state index is 0.0888. The normalized spacial score (nSPS) is 13.1. The third-order valence-corrected chi connectivity index (χ3v) is 16.1. The third kappa shape index (κ3) is 7.58. The number of rotatable bonds is 10. The van der Waals surface area contributed by atoms with Crippen LogP contribution in [0, 0.1) is 0 Å². The van der Waals surface area contributed by atoms with E-state index in [9.17, 15) is 0 Å². The number of benzene rings is 10. The van der Waals surface area contributed by atoms with Gasteiger partial charge >= 0.3 is 0 Å². The van der Waals surface area contributed by atoms with Gasteiger partial charge in [-0.2, -0.15) is 0 Å². The lowest BCUT2D eigenvalue weighted by atomic mass is 9.33. The molecule has 0 N–H and O–H groups in total. The molecule has 348 valence electrons. The lowest BCUT2D eigenvalue weighted by Crippen LogP contribution is -2.62. The summed E-state index contributed by atoms with van der Waals surface area (Å²) in [5, 5.41) is 0. The molecule has 0 spiro atoms. The molecule has 2 heterocycles. The molecule has 0 saturated heterocycles. The number of hydrogen-bond acceptors (Lipinski definition) is 2. The van der Waals surface area contributed by atoms with Gasteiger partial charge in [0.15, 0.2) is 0 Å². The maximum Gasteiger partial charge on any atom is 0.252 e. The fourth-order valence-electron chi connectivity index (χ4n) is 11.7. The van der Waals surface area contributed by atoms with E-state index in [-0.39, 0.29) is 23.0 Å². The van der Waals surface area contributed by atoms with Crippen LogP contribution in [0.5, 0.6) is 0 Å². The lowest BCUT2D eigenvalue weighted by Gasteiger charge is -2.46. The van der Waals surface area contributed by atoms with Crippen LogP contribution in [0.15, 0.2) is 249 Å². The second-order valence-corrected chi connectivity index (χ2v) is 21.4. The van der Waals surface area contributed by atoms with Gasteiger partial charge in [0.2, 0.25) is 0 Å². The van der Waals surface area contributed by atoms with Crippen LogP contribution in [0.2, 0.25) is 0 Å². The Kier molecular flexibility index (Phi) is 11.0. The van der Waals surface area contributed by atoms with Crippen molar-refractivity contribution in [3.05, 3.63) is 282 Å². The van der Waals surface area contributed by atoms with Crippen molar-refractivity contribution in [3.8, 4) is 22.3 Å². The maximum atomic E-state index is 2.59. The summed E-state index contributed by atoms with van der Waals surface area (Å²) in [6, 6.07) is 92.8. The van der Waals surface area contributed by atoms with Crippen LogP contribution in [-0.2, 0) is 16.2 Å². The Labute approximate surface area is 427 Å². The molecule has 10 aromatic rings. The van der Waals surface area contributed by atoms with E-state index in [1.54, 1.807) is 0 Å². The van der Waals surface area contributed by atoms with Gasteiger partial charge < -0.3 is 9.80 Å². The van der Waals surface area contributed by atoms with Crippen LogP contribution in [0.3, 0.4) is 0 Å². The average molecular weight is 927 g/mol. The second-order valence-electron chi connectivity index (χ2n) is 21.4. The van der Waals surface area contributed by atoms with Crippen molar-refractivity contribution in [2.45, 2.75) is 57.8 Å². The summed E-state index contributed by atoms with van der Waals surface area (Å²) < 4.78 is 0. The van der Waals surface area contributed by atoms with Crippen LogP contribution >= 0.6 is 0 Å². The third-order valence-electron chi connectivity index (χ3n) is 16.1. The Morgan fingerprint density at radius 3 is 0.972 bits per heavy atom. The van der Waals surface area contributed by atoms with Crippen LogP contribution in [0.4, 0.5) is 34.1 Å². The van der Waals surface area contributed by atoms with E-state index in [0.29, 0.717) is 0 Å². The van der Waals surface area contributed by atoms with Crippen LogP contribution in [0.1, 0.15) is 74.9 Å². The summed E-state index contributed by atoms with van der Waals surface area (Å²) in [6.07, 6.45) is 0. The van der Waals surface area contributed by atoms with E-state index in [2.05, 4.69) is 300 Å². The minimum Gasteiger partial charge on any atom is -0.311 e. The molecule has 0 unspecified atom stereocenters. The molecule has 0 radical (unpaired) electrons. The van der Waals surface area contributed by atoms with Gasteiger partial charge in [-0.05, 0) is 121 Å². The topological polar surface area (TPSA) is 6.48 Å². The predicted molar refractivity (Wildman–Crippen MR) is 307 cm³/mol. The fourth-order valence-corrected chi connectivity index (χ4v) is 11.7. The highest BCUT2D eigenvalue weighted by molar-refractivity contribution is 7.00. The summed E-state index contributed by atoms with van der Waals surface area (Å²) in [7, 11) is 0. The Balaban J connectivity index is 1.20. The first-order chi connectivity index (χ1) is 35.0. The number of hydrogen-bond donors (Lipinski definition) is 0. The van der Waals surface area contributed by atoms with E-state index in [0.717, 1.165) is 11.4 Å². The highest BCUT2D eigenvalue weighted by Gasteiger charge is 2.46. The van der Waals surface area contributed by atoms with E-state index >= 15 is 0 Å². The predicted octanol–water partition coefficient (Wildman–Crippen LogP) is 16.1. The van der Waals surface area contributed by atoms with E-state index in [4.69, 9.17) is 0 Å². The monoisotopic (exact) mass is 926 g/mol. The Morgan fingerprint density at radius 1 is 0.264 bits per heavy atom. The molecule has 2 nitrogen and oxygen atoms in total. The Bertz CT molecular complexity index is 3390. The molecular formula is C69H59BN2. The first-order valence-corrected chi connectivity index (χ1v) is 25.5. The number of fused-ring (bicyclic) bond motifs is 4. The first kappa shape index (κ1) is 45.0. The summed E-state index contributed by atoms with van der Waals surface area (Å²) in [5.74, 6) is 0. The molecule has 0 bridgehead atoms. The van der Waals surface area contributed by atoms with Crippen molar-refractivity contribution in [2.75, 3.05) is 9.80 Å².